The van der Waals surface area contributed by atoms with Crippen LogP contribution in [0.5, 0.6) is 5.75 Å². The second kappa shape index (κ2) is 8.53. The lowest BCUT2D eigenvalue weighted by Gasteiger charge is -2.27. The highest BCUT2D eigenvalue weighted by Gasteiger charge is 2.17. The number of piperazine rings is 1. The van der Waals surface area contributed by atoms with Crippen LogP contribution < -0.4 is 10.1 Å². The molecule has 2 rings (SSSR count). The van der Waals surface area contributed by atoms with Gasteiger partial charge in [-0.25, -0.2) is 0 Å². The molecule has 1 fully saturated rings. The van der Waals surface area contributed by atoms with E-state index in [4.69, 9.17) is 4.74 Å². The molecule has 1 aromatic carbocycles. The lowest BCUT2D eigenvalue weighted by atomic mass is 10.2. The van der Waals surface area contributed by atoms with E-state index in [2.05, 4.69) is 5.32 Å². The molecule has 1 aromatic rings. The average molecular weight is 319 g/mol. The minimum atomic E-state index is -0.0213. The van der Waals surface area contributed by atoms with Crippen molar-refractivity contribution in [3.05, 3.63) is 29.8 Å². The molecule has 1 heterocycles. The van der Waals surface area contributed by atoms with Crippen molar-refractivity contribution in [1.82, 2.24) is 15.1 Å². The zero-order chi connectivity index (χ0) is 16.7. The van der Waals surface area contributed by atoms with Crippen molar-refractivity contribution in [3.63, 3.8) is 0 Å². The van der Waals surface area contributed by atoms with Gasteiger partial charge >= 0.3 is 0 Å². The molecular weight excluding hydrogens is 294 g/mol. The first-order chi connectivity index (χ1) is 11.2. The largest absolute Gasteiger partial charge is 0.484 e. The highest BCUT2D eigenvalue weighted by molar-refractivity contribution is 5.94. The number of nitrogens with zero attached hydrogens (tertiary/aromatic N) is 2. The summed E-state index contributed by atoms with van der Waals surface area (Å²) < 4.78 is 5.58. The van der Waals surface area contributed by atoms with Gasteiger partial charge in [-0.15, -0.1) is 0 Å². The summed E-state index contributed by atoms with van der Waals surface area (Å²) in [5.74, 6) is 0.507. The number of carbonyl (C=O) groups is 2. The molecule has 1 saturated heterocycles. The van der Waals surface area contributed by atoms with Gasteiger partial charge in [-0.3, -0.25) is 9.59 Å². The van der Waals surface area contributed by atoms with Gasteiger partial charge < -0.3 is 19.9 Å². The molecule has 1 N–H and O–H groups in total. The fourth-order valence-electron chi connectivity index (χ4n) is 2.56. The van der Waals surface area contributed by atoms with Gasteiger partial charge in [0.1, 0.15) is 5.75 Å². The summed E-state index contributed by atoms with van der Waals surface area (Å²) in [6, 6.07) is 7.02. The molecule has 0 saturated carbocycles. The van der Waals surface area contributed by atoms with Crippen molar-refractivity contribution in [3.8, 4) is 5.75 Å². The van der Waals surface area contributed by atoms with E-state index in [9.17, 15) is 9.59 Å². The van der Waals surface area contributed by atoms with E-state index in [-0.39, 0.29) is 18.4 Å². The summed E-state index contributed by atoms with van der Waals surface area (Å²) in [6.07, 6.45) is 0. The summed E-state index contributed by atoms with van der Waals surface area (Å²) in [5, 5.41) is 3.21. The molecule has 6 heteroatoms. The van der Waals surface area contributed by atoms with Crippen LogP contribution in [0.25, 0.3) is 0 Å². The molecule has 0 aliphatic carbocycles. The fraction of sp³-hybridized carbons (Fsp3) is 0.529. The molecule has 0 spiro atoms. The zero-order valence-corrected chi connectivity index (χ0v) is 13.9. The molecule has 126 valence electrons. The van der Waals surface area contributed by atoms with E-state index >= 15 is 0 Å². The summed E-state index contributed by atoms with van der Waals surface area (Å²) in [4.78, 5) is 28.0. The third kappa shape index (κ3) is 4.69. The lowest BCUT2D eigenvalue weighted by molar-refractivity contribution is -0.133. The van der Waals surface area contributed by atoms with Gasteiger partial charge in [-0.05, 0) is 32.0 Å². The number of ether oxygens (including phenoxy) is 1. The maximum Gasteiger partial charge on any atom is 0.260 e. The predicted octanol–water partition coefficient (Wildman–Crippen LogP) is 0.979. The quantitative estimate of drug-likeness (QED) is 0.849. The Bertz CT molecular complexity index is 538. The Labute approximate surface area is 137 Å². The Morgan fingerprint density at radius 1 is 1.22 bits per heavy atom. The number of hydrogen-bond acceptors (Lipinski definition) is 4. The highest BCUT2D eigenvalue weighted by atomic mass is 16.5. The zero-order valence-electron chi connectivity index (χ0n) is 13.9. The lowest BCUT2D eigenvalue weighted by Crippen LogP contribution is -2.47. The van der Waals surface area contributed by atoms with Crippen LogP contribution in [0, 0.1) is 0 Å². The maximum absolute atomic E-state index is 12.3. The molecule has 6 nitrogen and oxygen atoms in total. The number of nitrogens with one attached hydrogen (secondary N) is 1. The minimum Gasteiger partial charge on any atom is -0.484 e. The Balaban J connectivity index is 1.94. The maximum atomic E-state index is 12.3. The van der Waals surface area contributed by atoms with Crippen molar-refractivity contribution in [2.75, 3.05) is 45.9 Å². The van der Waals surface area contributed by atoms with Crippen molar-refractivity contribution in [2.45, 2.75) is 13.8 Å². The summed E-state index contributed by atoms with van der Waals surface area (Å²) in [7, 11) is 0. The van der Waals surface area contributed by atoms with E-state index in [1.807, 2.05) is 13.8 Å². The molecule has 0 aromatic heterocycles. The topological polar surface area (TPSA) is 61.9 Å². The molecule has 23 heavy (non-hydrogen) atoms. The molecule has 0 bridgehead atoms. The van der Waals surface area contributed by atoms with Crippen molar-refractivity contribution in [2.24, 2.45) is 0 Å². The van der Waals surface area contributed by atoms with Gasteiger partial charge in [0.05, 0.1) is 0 Å². The van der Waals surface area contributed by atoms with Gasteiger partial charge in [0.25, 0.3) is 11.8 Å². The van der Waals surface area contributed by atoms with Gasteiger partial charge in [-0.2, -0.15) is 0 Å². The minimum absolute atomic E-state index is 0.00289. The Morgan fingerprint density at radius 2 is 1.91 bits per heavy atom. The van der Waals surface area contributed by atoms with Crippen molar-refractivity contribution >= 4 is 11.8 Å². The fourth-order valence-corrected chi connectivity index (χ4v) is 2.56. The van der Waals surface area contributed by atoms with Crippen LogP contribution in [0.4, 0.5) is 0 Å². The molecule has 0 unspecified atom stereocenters. The van der Waals surface area contributed by atoms with E-state index < -0.39 is 0 Å². The normalized spacial score (nSPS) is 14.4. The molecular formula is C17H25N3O3. The first kappa shape index (κ1) is 17.3. The number of rotatable bonds is 6. The third-order valence-electron chi connectivity index (χ3n) is 3.96. The second-order valence-electron chi connectivity index (χ2n) is 5.42. The van der Waals surface area contributed by atoms with E-state index in [0.717, 1.165) is 13.1 Å². The summed E-state index contributed by atoms with van der Waals surface area (Å²) in [6.45, 7) is 8.30. The molecule has 1 aliphatic rings. The SMILES string of the molecule is CCN(CC)C(=O)c1cccc(OCC(=O)N2CCNCC2)c1. The number of amides is 2. The van der Waals surface area contributed by atoms with Crippen LogP contribution in [0.15, 0.2) is 24.3 Å². The van der Waals surface area contributed by atoms with Crippen molar-refractivity contribution in [1.29, 1.82) is 0 Å². The molecule has 0 atom stereocenters. The van der Waals surface area contributed by atoms with Crippen LogP contribution in [0.3, 0.4) is 0 Å². The molecule has 2 amide bonds. The van der Waals surface area contributed by atoms with E-state index in [1.165, 1.54) is 0 Å². The number of carbonyl (C=O) groups excluding carboxylic acids is 2. The average Bonchev–Trinajstić information content (AvgIpc) is 2.61. The second-order valence-corrected chi connectivity index (χ2v) is 5.42. The first-order valence-corrected chi connectivity index (χ1v) is 8.16. The van der Waals surface area contributed by atoms with Crippen LogP contribution in [0.2, 0.25) is 0 Å². The number of benzene rings is 1. The van der Waals surface area contributed by atoms with Gasteiger partial charge in [0, 0.05) is 44.8 Å². The van der Waals surface area contributed by atoms with Gasteiger partial charge in [0.2, 0.25) is 0 Å². The highest BCUT2D eigenvalue weighted by Crippen LogP contribution is 2.15. The van der Waals surface area contributed by atoms with Crippen LogP contribution in [-0.4, -0.2) is 67.5 Å². The molecule has 0 radical (unpaired) electrons. The van der Waals surface area contributed by atoms with E-state index in [0.29, 0.717) is 37.5 Å². The number of hydrogen-bond donors (Lipinski definition) is 1. The van der Waals surface area contributed by atoms with Crippen molar-refractivity contribution < 1.29 is 14.3 Å². The van der Waals surface area contributed by atoms with E-state index in [1.54, 1.807) is 34.1 Å². The standard InChI is InChI=1S/C17H25N3O3/c1-3-19(4-2)17(22)14-6-5-7-15(12-14)23-13-16(21)20-10-8-18-9-11-20/h5-7,12,18H,3-4,8-11,13H2,1-2H3. The Morgan fingerprint density at radius 3 is 2.57 bits per heavy atom. The first-order valence-electron chi connectivity index (χ1n) is 8.16. The predicted molar refractivity (Wildman–Crippen MR) is 88.6 cm³/mol. The van der Waals surface area contributed by atoms with Gasteiger partial charge in [0.15, 0.2) is 6.61 Å². The smallest absolute Gasteiger partial charge is 0.260 e. The van der Waals surface area contributed by atoms with Crippen LogP contribution in [-0.2, 0) is 4.79 Å². The third-order valence-corrected chi connectivity index (χ3v) is 3.96. The van der Waals surface area contributed by atoms with Gasteiger partial charge in [-0.1, -0.05) is 6.07 Å². The molecule has 1 aliphatic heterocycles. The summed E-state index contributed by atoms with van der Waals surface area (Å²) in [5.41, 5.74) is 0.584. The monoisotopic (exact) mass is 319 g/mol. The van der Waals surface area contributed by atoms with Crippen LogP contribution in [0.1, 0.15) is 24.2 Å². The summed E-state index contributed by atoms with van der Waals surface area (Å²) >= 11 is 0. The Hall–Kier alpha value is -2.08. The Kier molecular flexibility index (Phi) is 6.40. The van der Waals surface area contributed by atoms with Crippen LogP contribution >= 0.6 is 0 Å².